The van der Waals surface area contributed by atoms with Crippen LogP contribution in [0.5, 0.6) is 5.75 Å². The van der Waals surface area contributed by atoms with E-state index in [0.717, 1.165) is 10.2 Å². The molecule has 0 saturated carbocycles. The van der Waals surface area contributed by atoms with Crippen LogP contribution >= 0.6 is 22.9 Å². The first-order valence-corrected chi connectivity index (χ1v) is 9.39. The van der Waals surface area contributed by atoms with Gasteiger partial charge in [0.15, 0.2) is 4.80 Å². The van der Waals surface area contributed by atoms with Gasteiger partial charge in [0.05, 0.1) is 23.9 Å². The molecule has 0 fully saturated rings. The summed E-state index contributed by atoms with van der Waals surface area (Å²) in [4.78, 5) is 29.2. The van der Waals surface area contributed by atoms with Crippen LogP contribution in [0.4, 0.5) is 0 Å². The number of aromatic nitrogens is 1. The van der Waals surface area contributed by atoms with E-state index in [-0.39, 0.29) is 13.2 Å². The number of esters is 1. The van der Waals surface area contributed by atoms with Gasteiger partial charge < -0.3 is 14.0 Å². The van der Waals surface area contributed by atoms with Crippen LogP contribution in [0.2, 0.25) is 5.02 Å². The van der Waals surface area contributed by atoms with Gasteiger partial charge in [0.25, 0.3) is 5.91 Å². The normalized spacial score (nSPS) is 11.6. The van der Waals surface area contributed by atoms with Crippen molar-refractivity contribution in [1.29, 1.82) is 0 Å². The molecule has 3 aromatic rings. The molecule has 0 aliphatic rings. The molecular weight excluding hydrogens is 388 g/mol. The van der Waals surface area contributed by atoms with E-state index in [9.17, 15) is 9.59 Å². The van der Waals surface area contributed by atoms with E-state index in [1.165, 1.54) is 11.3 Å². The highest BCUT2D eigenvalue weighted by Gasteiger charge is 2.13. The van der Waals surface area contributed by atoms with Gasteiger partial charge in [-0.05, 0) is 49.4 Å². The molecule has 1 aromatic heterocycles. The number of carbonyl (C=O) groups excluding carboxylic acids is 2. The Bertz CT molecular complexity index is 1050. The Labute approximate surface area is 164 Å². The van der Waals surface area contributed by atoms with Crippen LogP contribution in [-0.4, -0.2) is 30.2 Å². The summed E-state index contributed by atoms with van der Waals surface area (Å²) in [5, 5.41) is 0.540. The third kappa shape index (κ3) is 4.37. The summed E-state index contributed by atoms with van der Waals surface area (Å²) in [7, 11) is 1.58. The van der Waals surface area contributed by atoms with Crippen molar-refractivity contribution in [2.45, 2.75) is 13.5 Å². The highest BCUT2D eigenvalue weighted by Crippen LogP contribution is 2.23. The molecule has 8 heteroatoms. The van der Waals surface area contributed by atoms with Crippen LogP contribution < -0.4 is 9.54 Å². The van der Waals surface area contributed by atoms with Gasteiger partial charge >= 0.3 is 5.97 Å². The van der Waals surface area contributed by atoms with Crippen molar-refractivity contribution in [2.75, 3.05) is 13.7 Å². The molecule has 0 unspecified atom stereocenters. The van der Waals surface area contributed by atoms with Gasteiger partial charge in [-0.25, -0.2) is 0 Å². The molecule has 140 valence electrons. The zero-order valence-corrected chi connectivity index (χ0v) is 16.3. The van der Waals surface area contributed by atoms with E-state index in [2.05, 4.69) is 4.99 Å². The summed E-state index contributed by atoms with van der Waals surface area (Å²) in [6.45, 7) is 1.99. The SMILES string of the molecule is CCOC(=O)Cn1c(=NC(=O)c2ccc(Cl)cc2)sc2cc(OC)ccc21. The molecule has 0 spiro atoms. The average Bonchev–Trinajstić information content (AvgIpc) is 2.98. The second-order valence-electron chi connectivity index (χ2n) is 5.53. The molecule has 2 aromatic carbocycles. The Hall–Kier alpha value is -2.64. The van der Waals surface area contributed by atoms with E-state index in [1.54, 1.807) is 48.9 Å². The van der Waals surface area contributed by atoms with Crippen LogP contribution in [0.15, 0.2) is 47.5 Å². The third-order valence-corrected chi connectivity index (χ3v) is 5.06. The number of benzene rings is 2. The number of ether oxygens (including phenoxy) is 2. The number of thiazole rings is 1. The number of nitrogens with zero attached hydrogens (tertiary/aromatic N) is 2. The standard InChI is InChI=1S/C19H17ClN2O4S/c1-3-26-17(23)11-22-15-9-8-14(25-2)10-16(15)27-19(22)21-18(24)12-4-6-13(20)7-5-12/h4-10H,3,11H2,1-2H3. The first-order valence-electron chi connectivity index (χ1n) is 8.19. The van der Waals surface area contributed by atoms with Crippen LogP contribution in [0.25, 0.3) is 10.2 Å². The molecule has 0 aliphatic carbocycles. The first kappa shape index (κ1) is 19.1. The lowest BCUT2D eigenvalue weighted by atomic mass is 10.2. The van der Waals surface area contributed by atoms with E-state index in [0.29, 0.717) is 21.1 Å². The fraction of sp³-hybridized carbons (Fsp3) is 0.211. The fourth-order valence-corrected chi connectivity index (χ4v) is 3.68. The summed E-state index contributed by atoms with van der Waals surface area (Å²) in [6, 6.07) is 11.9. The zero-order chi connectivity index (χ0) is 19.4. The molecule has 0 saturated heterocycles. The van der Waals surface area contributed by atoms with E-state index >= 15 is 0 Å². The minimum absolute atomic E-state index is 0.0348. The van der Waals surface area contributed by atoms with Gasteiger partial charge in [-0.3, -0.25) is 9.59 Å². The van der Waals surface area contributed by atoms with Crippen molar-refractivity contribution in [1.82, 2.24) is 4.57 Å². The highest BCUT2D eigenvalue weighted by molar-refractivity contribution is 7.16. The molecule has 1 amide bonds. The Morgan fingerprint density at radius 2 is 1.93 bits per heavy atom. The Balaban J connectivity index is 2.10. The van der Waals surface area contributed by atoms with Crippen LogP contribution in [0, 0.1) is 0 Å². The lowest BCUT2D eigenvalue weighted by Crippen LogP contribution is -2.23. The second-order valence-corrected chi connectivity index (χ2v) is 6.98. The molecule has 0 bridgehead atoms. The minimum Gasteiger partial charge on any atom is -0.497 e. The van der Waals surface area contributed by atoms with Crippen molar-refractivity contribution >= 4 is 45.0 Å². The molecule has 27 heavy (non-hydrogen) atoms. The monoisotopic (exact) mass is 404 g/mol. The topological polar surface area (TPSA) is 69.9 Å². The summed E-state index contributed by atoms with van der Waals surface area (Å²) < 4.78 is 12.8. The van der Waals surface area contributed by atoms with Crippen molar-refractivity contribution in [2.24, 2.45) is 4.99 Å². The molecule has 3 rings (SSSR count). The van der Waals surface area contributed by atoms with Gasteiger partial charge in [-0.2, -0.15) is 4.99 Å². The number of hydrogen-bond donors (Lipinski definition) is 0. The van der Waals surface area contributed by atoms with Gasteiger partial charge in [-0.15, -0.1) is 0 Å². The first-order chi connectivity index (χ1) is 13.0. The molecule has 0 N–H and O–H groups in total. The Morgan fingerprint density at radius 1 is 1.19 bits per heavy atom. The minimum atomic E-state index is -0.414. The van der Waals surface area contributed by atoms with E-state index in [4.69, 9.17) is 21.1 Å². The number of carbonyl (C=O) groups is 2. The van der Waals surface area contributed by atoms with Crippen LogP contribution in [0.1, 0.15) is 17.3 Å². The van der Waals surface area contributed by atoms with Crippen molar-refractivity contribution in [3.05, 3.63) is 57.9 Å². The number of fused-ring (bicyclic) bond motifs is 1. The number of methoxy groups -OCH3 is 1. The third-order valence-electron chi connectivity index (χ3n) is 3.77. The number of hydrogen-bond acceptors (Lipinski definition) is 5. The second kappa shape index (κ2) is 8.37. The Kier molecular flexibility index (Phi) is 5.93. The van der Waals surface area contributed by atoms with E-state index in [1.807, 2.05) is 12.1 Å². The molecule has 6 nitrogen and oxygen atoms in total. The number of amides is 1. The molecule has 0 atom stereocenters. The lowest BCUT2D eigenvalue weighted by Gasteiger charge is -2.05. The largest absolute Gasteiger partial charge is 0.497 e. The maximum absolute atomic E-state index is 12.5. The highest BCUT2D eigenvalue weighted by atomic mass is 35.5. The van der Waals surface area contributed by atoms with Crippen LogP contribution in [0.3, 0.4) is 0 Å². The summed E-state index contributed by atoms with van der Waals surface area (Å²) >= 11 is 7.16. The summed E-state index contributed by atoms with van der Waals surface area (Å²) in [5.74, 6) is -0.126. The summed E-state index contributed by atoms with van der Waals surface area (Å²) in [5.41, 5.74) is 1.19. The molecular formula is C19H17ClN2O4S. The van der Waals surface area contributed by atoms with Gasteiger partial charge in [-0.1, -0.05) is 22.9 Å². The van der Waals surface area contributed by atoms with Gasteiger partial charge in [0, 0.05) is 10.6 Å². The molecule has 0 aliphatic heterocycles. The smallest absolute Gasteiger partial charge is 0.326 e. The predicted octanol–water partition coefficient (Wildman–Crippen LogP) is 3.67. The Morgan fingerprint density at radius 3 is 2.59 bits per heavy atom. The predicted molar refractivity (Wildman–Crippen MR) is 104 cm³/mol. The maximum atomic E-state index is 12.5. The quantitative estimate of drug-likeness (QED) is 0.608. The average molecular weight is 405 g/mol. The molecule has 1 heterocycles. The van der Waals surface area contributed by atoms with Crippen molar-refractivity contribution in [3.8, 4) is 5.75 Å². The van der Waals surface area contributed by atoms with Crippen LogP contribution in [-0.2, 0) is 16.1 Å². The number of rotatable bonds is 5. The molecule has 0 radical (unpaired) electrons. The van der Waals surface area contributed by atoms with E-state index < -0.39 is 11.9 Å². The maximum Gasteiger partial charge on any atom is 0.326 e. The number of halogens is 1. The van der Waals surface area contributed by atoms with Crippen molar-refractivity contribution < 1.29 is 19.1 Å². The van der Waals surface area contributed by atoms with Gasteiger partial charge in [0.1, 0.15) is 12.3 Å². The zero-order valence-electron chi connectivity index (χ0n) is 14.8. The van der Waals surface area contributed by atoms with Crippen molar-refractivity contribution in [3.63, 3.8) is 0 Å². The summed E-state index contributed by atoms with van der Waals surface area (Å²) in [6.07, 6.45) is 0. The fourth-order valence-electron chi connectivity index (χ4n) is 2.50. The van der Waals surface area contributed by atoms with Gasteiger partial charge in [0.2, 0.25) is 0 Å². The lowest BCUT2D eigenvalue weighted by molar-refractivity contribution is -0.143.